The highest BCUT2D eigenvalue weighted by Gasteiger charge is 2.36. The number of methoxy groups -OCH3 is 2. The summed E-state index contributed by atoms with van der Waals surface area (Å²) < 4.78 is 10.4. The van der Waals surface area contributed by atoms with Crippen molar-refractivity contribution < 1.29 is 23.9 Å². The van der Waals surface area contributed by atoms with Crippen LogP contribution in [0.1, 0.15) is 5.56 Å². The van der Waals surface area contributed by atoms with Gasteiger partial charge in [0.25, 0.3) is 11.1 Å². The molecule has 3 amide bonds. The molecule has 0 atom stereocenters. The number of allylic oxidation sites excluding steroid dienone is 2. The molecule has 0 bridgehead atoms. The number of ether oxygens (including phenoxy) is 2. The summed E-state index contributed by atoms with van der Waals surface area (Å²) in [5, 5.41) is 2.16. The van der Waals surface area contributed by atoms with Crippen LogP contribution in [0.25, 0.3) is 6.08 Å². The van der Waals surface area contributed by atoms with Crippen LogP contribution >= 0.6 is 11.8 Å². The normalized spacial score (nSPS) is 15.1. The average molecular weight is 424 g/mol. The summed E-state index contributed by atoms with van der Waals surface area (Å²) in [5.74, 6) is -0.0336. The van der Waals surface area contributed by atoms with Crippen LogP contribution in [0.4, 0.5) is 10.5 Å². The third kappa shape index (κ3) is 5.09. The van der Waals surface area contributed by atoms with Crippen molar-refractivity contribution in [2.45, 2.75) is 0 Å². The summed E-state index contributed by atoms with van der Waals surface area (Å²) in [6.07, 6.45) is 5.10. The van der Waals surface area contributed by atoms with E-state index in [-0.39, 0.29) is 11.4 Å². The fourth-order valence-corrected chi connectivity index (χ4v) is 3.49. The van der Waals surface area contributed by atoms with E-state index in [2.05, 4.69) is 5.32 Å². The van der Waals surface area contributed by atoms with Gasteiger partial charge in [0.15, 0.2) is 0 Å². The predicted octanol–water partition coefficient (Wildman–Crippen LogP) is 3.94. The topological polar surface area (TPSA) is 84.9 Å². The fourth-order valence-electron chi connectivity index (χ4n) is 2.70. The molecule has 3 rings (SSSR count). The Morgan fingerprint density at radius 2 is 1.87 bits per heavy atom. The van der Waals surface area contributed by atoms with Crippen LogP contribution in [0.3, 0.4) is 0 Å². The van der Waals surface area contributed by atoms with Crippen molar-refractivity contribution in [3.63, 3.8) is 0 Å². The van der Waals surface area contributed by atoms with Gasteiger partial charge >= 0.3 is 0 Å². The Morgan fingerprint density at radius 1 is 1.10 bits per heavy atom. The first kappa shape index (κ1) is 21.2. The van der Waals surface area contributed by atoms with Crippen molar-refractivity contribution >= 4 is 40.6 Å². The zero-order valence-corrected chi connectivity index (χ0v) is 17.3. The maximum absolute atomic E-state index is 12.5. The van der Waals surface area contributed by atoms with E-state index in [1.54, 1.807) is 30.4 Å². The zero-order valence-electron chi connectivity index (χ0n) is 16.5. The van der Waals surface area contributed by atoms with Crippen LogP contribution in [0.5, 0.6) is 11.5 Å². The smallest absolute Gasteiger partial charge is 0.294 e. The Labute approximate surface area is 178 Å². The minimum atomic E-state index is -0.512. The summed E-state index contributed by atoms with van der Waals surface area (Å²) in [5.41, 5.74) is 1.39. The monoisotopic (exact) mass is 424 g/mol. The largest absolute Gasteiger partial charge is 0.497 e. The minimum Gasteiger partial charge on any atom is -0.497 e. The number of nitrogens with one attached hydrogen (secondary N) is 1. The van der Waals surface area contributed by atoms with Crippen LogP contribution in [0, 0.1) is 0 Å². The highest BCUT2D eigenvalue weighted by atomic mass is 32.2. The number of nitrogens with zero attached hydrogens (tertiary/aromatic N) is 1. The van der Waals surface area contributed by atoms with Crippen LogP contribution in [0.2, 0.25) is 0 Å². The quantitative estimate of drug-likeness (QED) is 0.678. The molecule has 0 aliphatic carbocycles. The Hall–Kier alpha value is -3.52. The van der Waals surface area contributed by atoms with E-state index in [0.717, 1.165) is 22.2 Å². The molecule has 1 aliphatic rings. The molecule has 2 aromatic carbocycles. The molecule has 7 nitrogen and oxygen atoms in total. The van der Waals surface area contributed by atoms with Crippen molar-refractivity contribution in [2.75, 3.05) is 26.1 Å². The molecule has 0 saturated carbocycles. The maximum Gasteiger partial charge on any atom is 0.294 e. The number of carbonyl (C=O) groups excluding carboxylic acids is 3. The molecule has 154 valence electrons. The highest BCUT2D eigenvalue weighted by molar-refractivity contribution is 8.18. The van der Waals surface area contributed by atoms with E-state index in [9.17, 15) is 14.4 Å². The molecule has 1 fully saturated rings. The predicted molar refractivity (Wildman–Crippen MR) is 116 cm³/mol. The molecule has 1 aliphatic heterocycles. The summed E-state index contributed by atoms with van der Waals surface area (Å²) in [7, 11) is 2.99. The summed E-state index contributed by atoms with van der Waals surface area (Å²) in [6.45, 7) is -0.389. The van der Waals surface area contributed by atoms with Gasteiger partial charge < -0.3 is 14.8 Å². The molecular formula is C22H20N2O5S. The van der Waals surface area contributed by atoms with Gasteiger partial charge in [0.05, 0.1) is 24.8 Å². The van der Waals surface area contributed by atoms with Gasteiger partial charge in [0, 0.05) is 6.07 Å². The number of thioether (sulfide) groups is 1. The molecule has 1 saturated heterocycles. The van der Waals surface area contributed by atoms with Gasteiger partial charge in [-0.15, -0.1) is 0 Å². The van der Waals surface area contributed by atoms with E-state index >= 15 is 0 Å². The molecule has 1 N–H and O–H groups in total. The Morgan fingerprint density at radius 3 is 2.57 bits per heavy atom. The Kier molecular flexibility index (Phi) is 6.92. The lowest BCUT2D eigenvalue weighted by Crippen LogP contribution is -2.36. The number of amides is 3. The molecule has 0 radical (unpaired) electrons. The van der Waals surface area contributed by atoms with Crippen molar-refractivity contribution in [1.29, 1.82) is 0 Å². The molecule has 0 aromatic heterocycles. The van der Waals surface area contributed by atoms with Gasteiger partial charge in [0.1, 0.15) is 18.0 Å². The second-order valence-corrected chi connectivity index (χ2v) is 7.17. The second kappa shape index (κ2) is 9.80. The highest BCUT2D eigenvalue weighted by Crippen LogP contribution is 2.31. The van der Waals surface area contributed by atoms with E-state index < -0.39 is 17.1 Å². The Bertz CT molecular complexity index is 1020. The molecule has 1 heterocycles. The lowest BCUT2D eigenvalue weighted by molar-refractivity contribution is -0.127. The first-order valence-corrected chi connectivity index (χ1v) is 9.82. The van der Waals surface area contributed by atoms with Crippen LogP contribution in [-0.2, 0) is 9.59 Å². The number of imide groups is 1. The standard InChI is InChI=1S/C22H20N2O5S/c1-28-16-11-12-17(18(13-16)29-2)23-20(25)14-24-21(26)19(30-22(24)27)10-6-9-15-7-4-3-5-8-15/h3-13H,14H2,1-2H3,(H,23,25)/b9-6+,19-10+. The van der Waals surface area contributed by atoms with Crippen molar-refractivity contribution in [2.24, 2.45) is 0 Å². The van der Waals surface area contributed by atoms with E-state index in [1.165, 1.54) is 14.2 Å². The third-order valence-corrected chi connectivity index (χ3v) is 5.12. The lowest BCUT2D eigenvalue weighted by atomic mass is 10.2. The van der Waals surface area contributed by atoms with Gasteiger partial charge in [0.2, 0.25) is 5.91 Å². The number of carbonyl (C=O) groups is 3. The molecule has 0 spiro atoms. The van der Waals surface area contributed by atoms with Gasteiger partial charge in [-0.05, 0) is 35.5 Å². The van der Waals surface area contributed by atoms with Crippen LogP contribution < -0.4 is 14.8 Å². The van der Waals surface area contributed by atoms with E-state index in [0.29, 0.717) is 17.2 Å². The number of hydrogen-bond donors (Lipinski definition) is 1. The lowest BCUT2D eigenvalue weighted by Gasteiger charge is -2.14. The second-order valence-electron chi connectivity index (χ2n) is 6.17. The first-order chi connectivity index (χ1) is 14.5. The van der Waals surface area contributed by atoms with Crippen LogP contribution in [-0.4, -0.2) is 42.7 Å². The summed E-state index contributed by atoms with van der Waals surface area (Å²) in [6, 6.07) is 14.5. The number of anilines is 1. The van der Waals surface area contributed by atoms with Crippen molar-refractivity contribution in [3.8, 4) is 11.5 Å². The van der Waals surface area contributed by atoms with Gasteiger partial charge in [-0.3, -0.25) is 19.3 Å². The van der Waals surface area contributed by atoms with E-state index in [4.69, 9.17) is 9.47 Å². The number of hydrogen-bond acceptors (Lipinski definition) is 6. The molecule has 30 heavy (non-hydrogen) atoms. The number of rotatable bonds is 7. The summed E-state index contributed by atoms with van der Waals surface area (Å²) in [4.78, 5) is 38.3. The average Bonchev–Trinajstić information content (AvgIpc) is 3.02. The molecular weight excluding hydrogens is 404 g/mol. The van der Waals surface area contributed by atoms with Crippen molar-refractivity contribution in [1.82, 2.24) is 4.90 Å². The van der Waals surface area contributed by atoms with Crippen LogP contribution in [0.15, 0.2) is 65.6 Å². The maximum atomic E-state index is 12.5. The van der Waals surface area contributed by atoms with Gasteiger partial charge in [-0.25, -0.2) is 0 Å². The molecule has 8 heteroatoms. The van der Waals surface area contributed by atoms with Gasteiger partial charge in [-0.1, -0.05) is 42.5 Å². The minimum absolute atomic E-state index is 0.266. The fraction of sp³-hybridized carbons (Fsp3) is 0.136. The molecule has 0 unspecified atom stereocenters. The SMILES string of the molecule is COc1ccc(NC(=O)CN2C(=O)S/C(=C/C=C/c3ccccc3)C2=O)c(OC)c1. The zero-order chi connectivity index (χ0) is 21.5. The van der Waals surface area contributed by atoms with Gasteiger partial charge in [-0.2, -0.15) is 0 Å². The number of benzene rings is 2. The summed E-state index contributed by atoms with van der Waals surface area (Å²) >= 11 is 0.804. The third-order valence-electron chi connectivity index (χ3n) is 4.19. The molecule has 2 aromatic rings. The van der Waals surface area contributed by atoms with E-state index in [1.807, 2.05) is 36.4 Å². The Balaban J connectivity index is 1.64. The van der Waals surface area contributed by atoms with Crippen molar-refractivity contribution in [3.05, 3.63) is 71.2 Å². The first-order valence-electron chi connectivity index (χ1n) is 9.01.